The zero-order valence-corrected chi connectivity index (χ0v) is 14.8. The number of nitrogens with zero attached hydrogens (tertiary/aromatic N) is 3. The summed E-state index contributed by atoms with van der Waals surface area (Å²) in [5, 5.41) is 9.69. The van der Waals surface area contributed by atoms with E-state index >= 15 is 0 Å². The van der Waals surface area contributed by atoms with Crippen LogP contribution in [0.1, 0.15) is 5.56 Å². The Kier molecular flexibility index (Phi) is 5.27. The van der Waals surface area contributed by atoms with Crippen molar-refractivity contribution in [1.29, 1.82) is 0 Å². The Labute approximate surface area is 152 Å². The molecule has 1 aromatic rings. The number of rotatable bonds is 5. The molecule has 6 nitrogen and oxygen atoms in total. The van der Waals surface area contributed by atoms with Crippen LogP contribution in [0.3, 0.4) is 0 Å². The van der Waals surface area contributed by atoms with E-state index in [1.165, 1.54) is 12.2 Å². The molecule has 7 heteroatoms. The third-order valence-electron chi connectivity index (χ3n) is 5.29. The molecule has 1 atom stereocenters. The molecule has 1 aromatic heterocycles. The number of amides is 2. The van der Waals surface area contributed by atoms with Crippen LogP contribution in [0.25, 0.3) is 6.08 Å². The lowest BCUT2D eigenvalue weighted by atomic mass is 9.72. The molecule has 0 bridgehead atoms. The largest absolute Gasteiger partial charge is 0.396 e. The Hall–Kier alpha value is -2.41. The lowest BCUT2D eigenvalue weighted by molar-refractivity contribution is -0.140. The normalized spacial score (nSPS) is 21.9. The van der Waals surface area contributed by atoms with Crippen molar-refractivity contribution in [3.8, 4) is 0 Å². The minimum absolute atomic E-state index is 0.0293. The number of carbonyl (C=O) groups excluding carboxylic acids is 2. The predicted molar refractivity (Wildman–Crippen MR) is 95.7 cm³/mol. The van der Waals surface area contributed by atoms with Crippen LogP contribution < -0.4 is 0 Å². The number of halogens is 1. The molecule has 3 heterocycles. The first-order valence-electron chi connectivity index (χ1n) is 8.68. The smallest absolute Gasteiger partial charge is 0.246 e. The number of carbonyl (C=O) groups is 2. The lowest BCUT2D eigenvalue weighted by Crippen LogP contribution is -2.62. The monoisotopic (exact) mass is 361 g/mol. The first kappa shape index (κ1) is 18.4. The molecule has 1 spiro atoms. The van der Waals surface area contributed by atoms with Crippen LogP contribution >= 0.6 is 0 Å². The third kappa shape index (κ3) is 3.58. The molecule has 2 aliphatic heterocycles. The topological polar surface area (TPSA) is 65.8 Å². The van der Waals surface area contributed by atoms with E-state index in [9.17, 15) is 19.1 Å². The number of allylic oxidation sites excluding steroid dienone is 1. The van der Waals surface area contributed by atoms with Gasteiger partial charge in [-0.1, -0.05) is 0 Å². The molecule has 0 radical (unpaired) electrons. The van der Waals surface area contributed by atoms with Gasteiger partial charge < -0.3 is 19.5 Å². The summed E-state index contributed by atoms with van der Waals surface area (Å²) >= 11 is 0. The Bertz CT molecular complexity index is 734. The Morgan fingerprint density at radius 3 is 2.58 bits per heavy atom. The quantitative estimate of drug-likeness (QED) is 0.791. The van der Waals surface area contributed by atoms with Crippen LogP contribution in [0.5, 0.6) is 0 Å². The highest BCUT2D eigenvalue weighted by molar-refractivity contribution is 5.92. The number of alkyl halides is 1. The van der Waals surface area contributed by atoms with Gasteiger partial charge in [-0.25, -0.2) is 4.39 Å². The molecule has 1 N–H and O–H groups in total. The van der Waals surface area contributed by atoms with E-state index in [0.717, 1.165) is 5.56 Å². The van der Waals surface area contributed by atoms with Crippen molar-refractivity contribution in [3.05, 3.63) is 42.3 Å². The average molecular weight is 361 g/mol. The number of aliphatic hydroxyl groups is 1. The second-order valence-corrected chi connectivity index (χ2v) is 7.16. The number of hydrogen-bond acceptors (Lipinski definition) is 3. The van der Waals surface area contributed by atoms with Gasteiger partial charge in [0.05, 0.1) is 0 Å². The SMILES string of the molecule is Cn1ccc(/C=C/C(=O)N2CC3(CN(C(=O)/C=C/CF)CC3CO)C2)c1. The molecule has 140 valence electrons. The first-order chi connectivity index (χ1) is 12.5. The van der Waals surface area contributed by atoms with Gasteiger partial charge in [-0.2, -0.15) is 0 Å². The van der Waals surface area contributed by atoms with Crippen molar-refractivity contribution in [3.63, 3.8) is 0 Å². The summed E-state index contributed by atoms with van der Waals surface area (Å²) in [5.41, 5.74) is 0.700. The zero-order chi connectivity index (χ0) is 18.7. The molecular weight excluding hydrogens is 337 g/mol. The Morgan fingerprint density at radius 1 is 1.27 bits per heavy atom. The summed E-state index contributed by atoms with van der Waals surface area (Å²) in [5.74, 6) is -0.377. The number of aliphatic hydroxyl groups excluding tert-OH is 1. The highest BCUT2D eigenvalue weighted by atomic mass is 19.1. The molecule has 2 amide bonds. The molecule has 2 fully saturated rings. The van der Waals surface area contributed by atoms with Crippen molar-refractivity contribution in [2.45, 2.75) is 0 Å². The van der Waals surface area contributed by atoms with Gasteiger partial charge in [-0.05, 0) is 23.8 Å². The highest BCUT2D eigenvalue weighted by Crippen LogP contribution is 2.43. The minimum atomic E-state index is -0.676. The predicted octanol–water partition coefficient (Wildman–Crippen LogP) is 0.843. The summed E-state index contributed by atoms with van der Waals surface area (Å²) in [6.45, 7) is 1.26. The van der Waals surface area contributed by atoms with Crippen LogP contribution in [0.4, 0.5) is 4.39 Å². The first-order valence-corrected chi connectivity index (χ1v) is 8.68. The summed E-state index contributed by atoms with van der Waals surface area (Å²) in [6.07, 6.45) is 9.59. The van der Waals surface area contributed by atoms with Crippen LogP contribution in [0.15, 0.2) is 36.7 Å². The maximum atomic E-state index is 12.3. The van der Waals surface area contributed by atoms with Gasteiger partial charge in [-0.3, -0.25) is 9.59 Å². The second-order valence-electron chi connectivity index (χ2n) is 7.16. The summed E-state index contributed by atoms with van der Waals surface area (Å²) in [4.78, 5) is 27.8. The molecule has 0 saturated carbocycles. The minimum Gasteiger partial charge on any atom is -0.396 e. The molecule has 0 aromatic carbocycles. The number of aryl methyl sites for hydroxylation is 1. The molecule has 1 unspecified atom stereocenters. The highest BCUT2D eigenvalue weighted by Gasteiger charge is 2.55. The lowest BCUT2D eigenvalue weighted by Gasteiger charge is -2.50. The van der Waals surface area contributed by atoms with E-state index in [4.69, 9.17) is 0 Å². The molecule has 2 saturated heterocycles. The van der Waals surface area contributed by atoms with Gasteiger partial charge in [-0.15, -0.1) is 0 Å². The van der Waals surface area contributed by atoms with Gasteiger partial charge >= 0.3 is 0 Å². The van der Waals surface area contributed by atoms with E-state index in [-0.39, 0.29) is 29.8 Å². The standard InChI is InChI=1S/C19H24FN3O3/c1-21-8-6-15(9-21)4-5-18(26)23-13-19(14-23)12-22(10-16(19)11-24)17(25)3-2-7-20/h2-6,8-9,16,24H,7,10-14H2,1H3/b3-2+,5-4+. The molecular formula is C19H24FN3O3. The summed E-state index contributed by atoms with van der Waals surface area (Å²) in [7, 11) is 1.92. The maximum Gasteiger partial charge on any atom is 0.246 e. The third-order valence-corrected chi connectivity index (χ3v) is 5.29. The molecule has 2 aliphatic rings. The molecule has 0 aliphatic carbocycles. The fourth-order valence-corrected chi connectivity index (χ4v) is 3.83. The van der Waals surface area contributed by atoms with E-state index in [1.807, 2.05) is 30.1 Å². The van der Waals surface area contributed by atoms with Crippen molar-refractivity contribution in [2.75, 3.05) is 39.5 Å². The summed E-state index contributed by atoms with van der Waals surface area (Å²) in [6, 6.07) is 1.93. The van der Waals surface area contributed by atoms with Crippen LogP contribution in [-0.2, 0) is 16.6 Å². The van der Waals surface area contributed by atoms with Crippen LogP contribution in [0, 0.1) is 11.3 Å². The van der Waals surface area contributed by atoms with Crippen molar-refractivity contribution < 1.29 is 19.1 Å². The van der Waals surface area contributed by atoms with E-state index in [1.54, 1.807) is 22.0 Å². The van der Waals surface area contributed by atoms with Crippen LogP contribution in [0.2, 0.25) is 0 Å². The fraction of sp³-hybridized carbons (Fsp3) is 0.474. The average Bonchev–Trinajstić information content (AvgIpc) is 3.19. The van der Waals surface area contributed by atoms with E-state index in [0.29, 0.717) is 26.2 Å². The van der Waals surface area contributed by atoms with Gasteiger partial charge in [0.2, 0.25) is 11.8 Å². The van der Waals surface area contributed by atoms with Crippen LogP contribution in [-0.4, -0.2) is 70.7 Å². The summed E-state index contributed by atoms with van der Waals surface area (Å²) < 4.78 is 14.1. The number of aromatic nitrogens is 1. The van der Waals surface area contributed by atoms with Gasteiger partial charge in [0.25, 0.3) is 0 Å². The zero-order valence-electron chi connectivity index (χ0n) is 14.8. The van der Waals surface area contributed by atoms with Gasteiger partial charge in [0.1, 0.15) is 6.67 Å². The maximum absolute atomic E-state index is 12.3. The van der Waals surface area contributed by atoms with Crippen molar-refractivity contribution in [2.24, 2.45) is 18.4 Å². The molecule has 3 rings (SSSR count). The van der Waals surface area contributed by atoms with Gasteiger partial charge in [0.15, 0.2) is 0 Å². The Morgan fingerprint density at radius 2 is 1.96 bits per heavy atom. The van der Waals surface area contributed by atoms with Crippen molar-refractivity contribution in [1.82, 2.24) is 14.4 Å². The van der Waals surface area contributed by atoms with Crippen molar-refractivity contribution >= 4 is 17.9 Å². The molecule has 26 heavy (non-hydrogen) atoms. The second kappa shape index (κ2) is 7.45. The van der Waals surface area contributed by atoms with E-state index < -0.39 is 6.67 Å². The number of hydrogen-bond donors (Lipinski definition) is 1. The van der Waals surface area contributed by atoms with E-state index in [2.05, 4.69) is 0 Å². The van der Waals surface area contributed by atoms with Gasteiger partial charge in [0, 0.05) is 75.7 Å². The number of likely N-dealkylation sites (tertiary alicyclic amines) is 2. The fourth-order valence-electron chi connectivity index (χ4n) is 3.83. The Balaban J connectivity index is 1.59.